The Morgan fingerprint density at radius 1 is 0.750 bits per heavy atom. The molecule has 0 saturated heterocycles. The molecule has 0 N–H and O–H groups in total. The first-order chi connectivity index (χ1) is 19.0. The topological polar surface area (TPSA) is 9.23 Å². The normalized spacial score (nSPS) is 18.4. The van der Waals surface area contributed by atoms with Crippen LogP contribution in [-0.4, -0.2) is 6.61 Å². The average Bonchev–Trinajstić information content (AvgIpc) is 2.91. The first-order valence-corrected chi connectivity index (χ1v) is 13.1. The van der Waals surface area contributed by atoms with Gasteiger partial charge in [0.2, 0.25) is 5.83 Å². The summed E-state index contributed by atoms with van der Waals surface area (Å²) >= 11 is 0. The SMILES string of the molecule is CCO/C(F)=C(\F)c1ccc(C2CCC(c3ccc(CCc4cc(F)c(C(F)(F)F)c(F)c4)c(F)c3)CC2)cc1. The van der Waals surface area contributed by atoms with Crippen molar-refractivity contribution >= 4 is 5.83 Å². The lowest BCUT2D eigenvalue weighted by Gasteiger charge is -2.29. The number of aryl methyl sites for hydroxylation is 2. The highest BCUT2D eigenvalue weighted by Gasteiger charge is 2.37. The lowest BCUT2D eigenvalue weighted by atomic mass is 9.76. The minimum Gasteiger partial charge on any atom is -0.469 e. The second kappa shape index (κ2) is 12.4. The Hall–Kier alpha value is -3.36. The summed E-state index contributed by atoms with van der Waals surface area (Å²) < 4.78 is 113. The highest BCUT2D eigenvalue weighted by Crippen LogP contribution is 2.41. The van der Waals surface area contributed by atoms with Gasteiger partial charge in [-0.3, -0.25) is 0 Å². The molecule has 3 aromatic carbocycles. The van der Waals surface area contributed by atoms with Crippen LogP contribution in [0.25, 0.3) is 5.83 Å². The van der Waals surface area contributed by atoms with Gasteiger partial charge in [0.1, 0.15) is 23.0 Å². The highest BCUT2D eigenvalue weighted by atomic mass is 19.4. The monoisotopic (exact) mass is 568 g/mol. The van der Waals surface area contributed by atoms with E-state index < -0.39 is 41.0 Å². The number of rotatable bonds is 8. The van der Waals surface area contributed by atoms with E-state index in [2.05, 4.69) is 4.74 Å². The van der Waals surface area contributed by atoms with Gasteiger partial charge in [-0.15, -0.1) is 0 Å². The summed E-state index contributed by atoms with van der Waals surface area (Å²) in [5.74, 6) is -4.52. The summed E-state index contributed by atoms with van der Waals surface area (Å²) in [6.45, 7) is 1.59. The quantitative estimate of drug-likeness (QED) is 0.194. The van der Waals surface area contributed by atoms with E-state index in [4.69, 9.17) is 0 Å². The van der Waals surface area contributed by atoms with Crippen LogP contribution in [-0.2, 0) is 23.8 Å². The third kappa shape index (κ3) is 6.85. The maximum Gasteiger partial charge on any atom is 0.422 e. The summed E-state index contributed by atoms with van der Waals surface area (Å²) in [5, 5.41) is 0. The van der Waals surface area contributed by atoms with Gasteiger partial charge in [-0.1, -0.05) is 36.4 Å². The molecule has 4 rings (SSSR count). The van der Waals surface area contributed by atoms with Gasteiger partial charge in [-0.05, 0) is 97.7 Å². The van der Waals surface area contributed by atoms with Crippen LogP contribution in [0.15, 0.2) is 60.6 Å². The number of alkyl halides is 3. The molecule has 0 bridgehead atoms. The number of hydrogen-bond acceptors (Lipinski definition) is 1. The second-order valence-electron chi connectivity index (χ2n) is 9.97. The molecule has 0 amide bonds. The Balaban J connectivity index is 1.35. The zero-order valence-electron chi connectivity index (χ0n) is 21.7. The van der Waals surface area contributed by atoms with Crippen LogP contribution in [0, 0.1) is 17.5 Å². The predicted molar refractivity (Wildman–Crippen MR) is 136 cm³/mol. The lowest BCUT2D eigenvalue weighted by Crippen LogP contribution is -2.13. The van der Waals surface area contributed by atoms with Gasteiger partial charge in [0.15, 0.2) is 0 Å². The number of ether oxygens (including phenoxy) is 1. The van der Waals surface area contributed by atoms with Crippen molar-refractivity contribution in [2.24, 2.45) is 0 Å². The average molecular weight is 569 g/mol. The van der Waals surface area contributed by atoms with Gasteiger partial charge in [-0.2, -0.15) is 22.0 Å². The molecule has 0 spiro atoms. The Labute approximate surface area is 227 Å². The molecule has 0 atom stereocenters. The van der Waals surface area contributed by atoms with E-state index in [9.17, 15) is 35.1 Å². The van der Waals surface area contributed by atoms with E-state index >= 15 is 0 Å². The predicted octanol–water partition coefficient (Wildman–Crippen LogP) is 9.95. The molecular formula is C31H28F8O. The first kappa shape index (κ1) is 29.6. The van der Waals surface area contributed by atoms with Gasteiger partial charge in [0.05, 0.1) is 6.61 Å². The van der Waals surface area contributed by atoms with Crippen LogP contribution in [0.4, 0.5) is 35.1 Å². The van der Waals surface area contributed by atoms with E-state index in [1.807, 2.05) is 6.07 Å². The van der Waals surface area contributed by atoms with E-state index in [1.165, 1.54) is 18.2 Å². The molecule has 0 aromatic heterocycles. The largest absolute Gasteiger partial charge is 0.469 e. The maximum atomic E-state index is 14.9. The molecule has 0 radical (unpaired) electrons. The van der Waals surface area contributed by atoms with E-state index in [0.29, 0.717) is 17.7 Å². The van der Waals surface area contributed by atoms with Crippen molar-refractivity contribution in [2.45, 2.75) is 63.5 Å². The van der Waals surface area contributed by atoms with Gasteiger partial charge < -0.3 is 4.74 Å². The minimum absolute atomic E-state index is 0.0102. The summed E-state index contributed by atoms with van der Waals surface area (Å²) in [6.07, 6.45) is -1.80. The highest BCUT2D eigenvalue weighted by molar-refractivity contribution is 5.60. The molecule has 3 aromatic rings. The molecule has 9 heteroatoms. The molecule has 0 aliphatic heterocycles. The number of halogens is 8. The van der Waals surface area contributed by atoms with E-state index in [0.717, 1.165) is 36.8 Å². The van der Waals surface area contributed by atoms with E-state index in [1.54, 1.807) is 25.1 Å². The Bertz CT molecular complexity index is 1330. The van der Waals surface area contributed by atoms with E-state index in [-0.39, 0.29) is 42.4 Å². The van der Waals surface area contributed by atoms with Crippen molar-refractivity contribution in [3.05, 3.63) is 111 Å². The molecule has 214 valence electrons. The van der Waals surface area contributed by atoms with Crippen molar-refractivity contribution in [3.63, 3.8) is 0 Å². The molecule has 1 fully saturated rings. The number of benzene rings is 3. The Morgan fingerprint density at radius 3 is 1.82 bits per heavy atom. The molecule has 1 saturated carbocycles. The summed E-state index contributed by atoms with van der Waals surface area (Å²) in [5.41, 5.74) is 0.339. The third-order valence-electron chi connectivity index (χ3n) is 7.42. The molecule has 0 unspecified atom stereocenters. The lowest BCUT2D eigenvalue weighted by molar-refractivity contribution is -0.142. The second-order valence-corrected chi connectivity index (χ2v) is 9.97. The molecule has 1 aliphatic rings. The first-order valence-electron chi connectivity index (χ1n) is 13.1. The zero-order chi connectivity index (χ0) is 29.0. The Kier molecular flexibility index (Phi) is 9.21. The standard InChI is InChI=1S/C31H28F8O/c1-2-40-30(36)29(35)23-12-9-20(10-13-23)19-5-7-21(8-6-19)24-14-11-22(25(32)17-24)4-3-18-15-26(33)28(27(34)16-18)31(37,38)39/h9-17,19,21H,2-8H2,1H3/b30-29-. The fraction of sp³-hybridized carbons (Fsp3) is 0.355. The summed E-state index contributed by atoms with van der Waals surface area (Å²) in [4.78, 5) is 0. The summed E-state index contributed by atoms with van der Waals surface area (Å²) in [6, 6.07) is 11.5. The van der Waals surface area contributed by atoms with Crippen LogP contribution < -0.4 is 0 Å². The van der Waals surface area contributed by atoms with Crippen LogP contribution >= 0.6 is 0 Å². The smallest absolute Gasteiger partial charge is 0.422 e. The van der Waals surface area contributed by atoms with Crippen LogP contribution in [0.2, 0.25) is 0 Å². The summed E-state index contributed by atoms with van der Waals surface area (Å²) in [7, 11) is 0. The van der Waals surface area contributed by atoms with Gasteiger partial charge >= 0.3 is 12.2 Å². The van der Waals surface area contributed by atoms with Crippen molar-refractivity contribution in [2.75, 3.05) is 6.61 Å². The van der Waals surface area contributed by atoms with Gasteiger partial charge in [-0.25, -0.2) is 13.2 Å². The fourth-order valence-corrected chi connectivity index (χ4v) is 5.31. The van der Waals surface area contributed by atoms with Crippen molar-refractivity contribution in [3.8, 4) is 0 Å². The van der Waals surface area contributed by atoms with Crippen molar-refractivity contribution in [1.29, 1.82) is 0 Å². The minimum atomic E-state index is -5.14. The van der Waals surface area contributed by atoms with Gasteiger partial charge in [0.25, 0.3) is 0 Å². The molecule has 40 heavy (non-hydrogen) atoms. The van der Waals surface area contributed by atoms with Crippen LogP contribution in [0.5, 0.6) is 0 Å². The van der Waals surface area contributed by atoms with Gasteiger partial charge in [0, 0.05) is 5.56 Å². The molecule has 1 aliphatic carbocycles. The number of hydrogen-bond donors (Lipinski definition) is 0. The maximum absolute atomic E-state index is 14.9. The van der Waals surface area contributed by atoms with Crippen LogP contribution in [0.1, 0.15) is 77.8 Å². The third-order valence-corrected chi connectivity index (χ3v) is 7.42. The van der Waals surface area contributed by atoms with Crippen molar-refractivity contribution < 1.29 is 39.9 Å². The fourth-order valence-electron chi connectivity index (χ4n) is 5.31. The zero-order valence-corrected chi connectivity index (χ0v) is 21.7. The van der Waals surface area contributed by atoms with Crippen molar-refractivity contribution in [1.82, 2.24) is 0 Å². The molecular weight excluding hydrogens is 540 g/mol. The molecule has 0 heterocycles. The van der Waals surface area contributed by atoms with Crippen LogP contribution in [0.3, 0.4) is 0 Å². The molecule has 1 nitrogen and oxygen atoms in total. The Morgan fingerprint density at radius 2 is 1.30 bits per heavy atom.